The first-order chi connectivity index (χ1) is 11.9. The van der Waals surface area contributed by atoms with E-state index in [0.717, 1.165) is 17.0 Å². The number of benzene rings is 1. The van der Waals surface area contributed by atoms with Gasteiger partial charge in [0, 0.05) is 31.9 Å². The van der Waals surface area contributed by atoms with E-state index >= 15 is 0 Å². The number of nitrogens with two attached hydrogens (primary N) is 1. The van der Waals surface area contributed by atoms with Crippen molar-refractivity contribution in [2.45, 2.75) is 6.92 Å². The number of piperazine rings is 1. The Morgan fingerprint density at radius 1 is 1.20 bits per heavy atom. The summed E-state index contributed by atoms with van der Waals surface area (Å²) in [7, 11) is 0. The van der Waals surface area contributed by atoms with E-state index in [9.17, 15) is 9.59 Å². The third-order valence-electron chi connectivity index (χ3n) is 3.96. The number of ether oxygens (including phenoxy) is 1. The zero-order valence-electron chi connectivity index (χ0n) is 13.6. The Hall–Kier alpha value is -2.81. The van der Waals surface area contributed by atoms with Crippen molar-refractivity contribution in [1.82, 2.24) is 9.88 Å². The fraction of sp³-hybridized carbons (Fsp3) is 0.312. The van der Waals surface area contributed by atoms with Gasteiger partial charge < -0.3 is 25.4 Å². The minimum absolute atomic E-state index is 0.370. The smallest absolute Gasteiger partial charge is 0.407 e. The molecule has 1 aromatic heterocycles. The molecule has 3 N–H and O–H groups in total. The Kier molecular flexibility index (Phi) is 4.75. The fourth-order valence-corrected chi connectivity index (χ4v) is 3.41. The largest absolute Gasteiger partial charge is 0.465 e. The van der Waals surface area contributed by atoms with E-state index in [-0.39, 0.29) is 0 Å². The molecule has 0 spiro atoms. The van der Waals surface area contributed by atoms with Crippen molar-refractivity contribution in [3.05, 3.63) is 34.8 Å². The minimum atomic E-state index is -0.877. The first kappa shape index (κ1) is 17.0. The maximum absolute atomic E-state index is 11.3. The summed E-state index contributed by atoms with van der Waals surface area (Å²) in [6, 6.07) is 7.47. The lowest BCUT2D eigenvalue weighted by molar-refractivity contribution is 0.100. The average Bonchev–Trinajstić information content (AvgIpc) is 2.96. The van der Waals surface area contributed by atoms with Crippen LogP contribution in [0.1, 0.15) is 15.4 Å². The van der Waals surface area contributed by atoms with Gasteiger partial charge in [-0.1, -0.05) is 11.3 Å². The van der Waals surface area contributed by atoms with Gasteiger partial charge in [-0.2, -0.15) is 0 Å². The van der Waals surface area contributed by atoms with E-state index in [0.29, 0.717) is 47.7 Å². The number of aryl methyl sites for hydroxylation is 1. The minimum Gasteiger partial charge on any atom is -0.465 e. The van der Waals surface area contributed by atoms with Crippen LogP contribution in [-0.4, -0.2) is 53.2 Å². The predicted molar refractivity (Wildman–Crippen MR) is 93.7 cm³/mol. The molecule has 0 bridgehead atoms. The fourth-order valence-electron chi connectivity index (χ4n) is 2.63. The van der Waals surface area contributed by atoms with Crippen LogP contribution in [0.3, 0.4) is 0 Å². The van der Waals surface area contributed by atoms with Gasteiger partial charge in [0.1, 0.15) is 10.6 Å². The number of hydrogen-bond donors (Lipinski definition) is 2. The molecule has 9 heteroatoms. The van der Waals surface area contributed by atoms with Gasteiger partial charge in [-0.15, -0.1) is 0 Å². The van der Waals surface area contributed by atoms with Crippen molar-refractivity contribution in [2.24, 2.45) is 5.73 Å². The normalized spacial score (nSPS) is 14.4. The molecular weight excluding hydrogens is 344 g/mol. The summed E-state index contributed by atoms with van der Waals surface area (Å²) in [5.74, 6) is 0.0957. The molecule has 0 saturated carbocycles. The molecule has 2 aromatic rings. The third-order valence-corrected chi connectivity index (χ3v) is 5.01. The van der Waals surface area contributed by atoms with Crippen molar-refractivity contribution >= 4 is 29.0 Å². The Bertz CT molecular complexity index is 782. The Morgan fingerprint density at radius 2 is 1.84 bits per heavy atom. The number of nitrogens with zero attached hydrogens (tertiary/aromatic N) is 3. The van der Waals surface area contributed by atoms with E-state index < -0.39 is 12.0 Å². The zero-order chi connectivity index (χ0) is 18.0. The van der Waals surface area contributed by atoms with Crippen molar-refractivity contribution < 1.29 is 19.4 Å². The van der Waals surface area contributed by atoms with Gasteiger partial charge >= 0.3 is 6.09 Å². The van der Waals surface area contributed by atoms with Crippen LogP contribution in [0.2, 0.25) is 0 Å². The maximum Gasteiger partial charge on any atom is 0.407 e. The van der Waals surface area contributed by atoms with Gasteiger partial charge in [-0.05, 0) is 31.2 Å². The van der Waals surface area contributed by atoms with Gasteiger partial charge in [-0.25, -0.2) is 9.78 Å². The molecule has 0 radical (unpaired) electrons. The molecule has 0 aliphatic carbocycles. The molecule has 25 heavy (non-hydrogen) atoms. The lowest BCUT2D eigenvalue weighted by Crippen LogP contribution is -2.48. The average molecular weight is 362 g/mol. The Labute approximate surface area is 148 Å². The molecule has 1 aromatic carbocycles. The second kappa shape index (κ2) is 6.98. The number of primary amides is 1. The highest BCUT2D eigenvalue weighted by molar-refractivity contribution is 7.15. The summed E-state index contributed by atoms with van der Waals surface area (Å²) in [4.78, 5) is 30.3. The van der Waals surface area contributed by atoms with Crippen molar-refractivity contribution in [3.63, 3.8) is 0 Å². The number of hydrogen-bond acceptors (Lipinski definition) is 6. The SMILES string of the molecule is Cc1nc(Oc2ccc(N3CCN(C(=O)O)CC3)cc2)sc1C(N)=O. The Morgan fingerprint density at radius 3 is 2.36 bits per heavy atom. The summed E-state index contributed by atoms with van der Waals surface area (Å²) < 4.78 is 5.68. The van der Waals surface area contributed by atoms with Crippen LogP contribution in [0.4, 0.5) is 10.5 Å². The first-order valence-electron chi connectivity index (χ1n) is 7.72. The lowest BCUT2D eigenvalue weighted by Gasteiger charge is -2.34. The van der Waals surface area contributed by atoms with E-state index in [1.165, 1.54) is 4.90 Å². The molecule has 2 amide bonds. The van der Waals surface area contributed by atoms with Crippen LogP contribution in [0, 0.1) is 6.92 Å². The summed E-state index contributed by atoms with van der Waals surface area (Å²) in [5.41, 5.74) is 6.84. The number of rotatable bonds is 4. The van der Waals surface area contributed by atoms with Gasteiger partial charge in [0.05, 0.1) is 5.69 Å². The molecule has 0 atom stereocenters. The van der Waals surface area contributed by atoms with Crippen molar-refractivity contribution in [1.29, 1.82) is 0 Å². The highest BCUT2D eigenvalue weighted by Gasteiger charge is 2.20. The number of carboxylic acid groups (broad SMARTS) is 1. The predicted octanol–water partition coefficient (Wildman–Crippen LogP) is 2.14. The monoisotopic (exact) mass is 362 g/mol. The molecular formula is C16H18N4O4S. The van der Waals surface area contributed by atoms with Gasteiger partial charge in [0.15, 0.2) is 0 Å². The van der Waals surface area contributed by atoms with E-state index in [1.807, 2.05) is 24.3 Å². The topological polar surface area (TPSA) is 109 Å². The van der Waals surface area contributed by atoms with Gasteiger partial charge in [0.25, 0.3) is 11.1 Å². The van der Waals surface area contributed by atoms with E-state index in [1.54, 1.807) is 6.92 Å². The summed E-state index contributed by atoms with van der Waals surface area (Å²) >= 11 is 1.12. The van der Waals surface area contributed by atoms with Crippen molar-refractivity contribution in [2.75, 3.05) is 31.1 Å². The molecule has 1 aliphatic rings. The van der Waals surface area contributed by atoms with Gasteiger partial charge in [-0.3, -0.25) is 4.79 Å². The number of thiazole rings is 1. The van der Waals surface area contributed by atoms with Crippen molar-refractivity contribution in [3.8, 4) is 10.9 Å². The number of amides is 2. The number of anilines is 1. The molecule has 3 rings (SSSR count). The second-order valence-corrected chi connectivity index (χ2v) is 6.57. The van der Waals surface area contributed by atoms with Crippen LogP contribution < -0.4 is 15.4 Å². The van der Waals surface area contributed by atoms with E-state index in [4.69, 9.17) is 15.6 Å². The van der Waals surface area contributed by atoms with Gasteiger partial charge in [0.2, 0.25) is 0 Å². The zero-order valence-corrected chi connectivity index (χ0v) is 14.5. The Balaban J connectivity index is 1.64. The number of carbonyl (C=O) groups excluding carboxylic acids is 1. The molecule has 1 fully saturated rings. The third kappa shape index (κ3) is 3.82. The first-order valence-corrected chi connectivity index (χ1v) is 8.53. The van der Waals surface area contributed by atoms with Crippen LogP contribution in [0.25, 0.3) is 0 Å². The van der Waals surface area contributed by atoms with E-state index in [2.05, 4.69) is 9.88 Å². The molecule has 2 heterocycles. The molecule has 8 nitrogen and oxygen atoms in total. The van der Waals surface area contributed by atoms with Crippen LogP contribution in [0.15, 0.2) is 24.3 Å². The molecule has 0 unspecified atom stereocenters. The highest BCUT2D eigenvalue weighted by Crippen LogP contribution is 2.30. The summed E-state index contributed by atoms with van der Waals surface area (Å²) in [6.07, 6.45) is -0.877. The molecule has 132 valence electrons. The van der Waals surface area contributed by atoms with Crippen LogP contribution >= 0.6 is 11.3 Å². The maximum atomic E-state index is 11.3. The standard InChI is InChI=1S/C16H18N4O4S/c1-10-13(14(17)21)25-15(18-10)24-12-4-2-11(3-5-12)19-6-8-20(9-7-19)16(22)23/h2-5H,6-9H2,1H3,(H2,17,21)(H,22,23). The molecule has 1 saturated heterocycles. The highest BCUT2D eigenvalue weighted by atomic mass is 32.1. The van der Waals surface area contributed by atoms with Crippen LogP contribution in [-0.2, 0) is 0 Å². The number of aromatic nitrogens is 1. The number of carbonyl (C=O) groups is 2. The lowest BCUT2D eigenvalue weighted by atomic mass is 10.2. The van der Waals surface area contributed by atoms with Crippen LogP contribution in [0.5, 0.6) is 10.9 Å². The second-order valence-electron chi connectivity index (χ2n) is 5.61. The quantitative estimate of drug-likeness (QED) is 0.862. The summed E-state index contributed by atoms with van der Waals surface area (Å²) in [5, 5.41) is 9.35. The molecule has 1 aliphatic heterocycles. The summed E-state index contributed by atoms with van der Waals surface area (Å²) in [6.45, 7) is 3.99.